The number of aromatic amines is 1. The van der Waals surface area contributed by atoms with Crippen molar-refractivity contribution in [3.8, 4) is 0 Å². The predicted molar refractivity (Wildman–Crippen MR) is 109 cm³/mol. The highest BCUT2D eigenvalue weighted by atomic mass is 32.1. The first kappa shape index (κ1) is 22.5. The largest absolute Gasteiger partial charge is 0.472 e. The summed E-state index contributed by atoms with van der Waals surface area (Å²) in [6, 6.07) is 0. The molecule has 164 valence electrons. The molecule has 1 amide bonds. The number of hydrogen-bond donors (Lipinski definition) is 5. The van der Waals surface area contributed by atoms with Crippen LogP contribution in [0.2, 0.25) is 0 Å². The van der Waals surface area contributed by atoms with Crippen LogP contribution in [-0.4, -0.2) is 61.4 Å². The van der Waals surface area contributed by atoms with Gasteiger partial charge >= 0.3 is 7.82 Å². The van der Waals surface area contributed by atoms with E-state index < -0.39 is 31.6 Å². The van der Waals surface area contributed by atoms with Crippen LogP contribution in [0.4, 0.5) is 5.95 Å². The van der Waals surface area contributed by atoms with Gasteiger partial charge in [0.25, 0.3) is 5.56 Å². The molecular formula is C15H21N6O7PS. The summed E-state index contributed by atoms with van der Waals surface area (Å²) in [5, 5.41) is 2.07. The van der Waals surface area contributed by atoms with E-state index in [0.717, 1.165) is 6.08 Å². The number of hydrogen-bond acceptors (Lipinski definition) is 10. The third kappa shape index (κ3) is 5.28. The molecular weight excluding hydrogens is 439 g/mol. The van der Waals surface area contributed by atoms with E-state index in [1.807, 2.05) is 0 Å². The van der Waals surface area contributed by atoms with E-state index in [0.29, 0.717) is 6.42 Å². The number of carbonyl (C=O) groups is 1. The van der Waals surface area contributed by atoms with Crippen molar-refractivity contribution < 1.29 is 28.0 Å². The van der Waals surface area contributed by atoms with Crippen LogP contribution in [0.15, 0.2) is 23.8 Å². The van der Waals surface area contributed by atoms with Crippen molar-refractivity contribution in [1.29, 1.82) is 0 Å². The van der Waals surface area contributed by atoms with E-state index in [1.165, 1.54) is 10.9 Å². The fourth-order valence-corrected chi connectivity index (χ4v) is 4.04. The molecule has 2 aromatic rings. The van der Waals surface area contributed by atoms with Crippen LogP contribution in [0.5, 0.6) is 0 Å². The summed E-state index contributed by atoms with van der Waals surface area (Å²) in [5.74, 6) is -0.492. The summed E-state index contributed by atoms with van der Waals surface area (Å²) >= 11 is 4.49. The first-order chi connectivity index (χ1) is 14.2. The summed E-state index contributed by atoms with van der Waals surface area (Å²) in [4.78, 5) is 43.1. The van der Waals surface area contributed by atoms with Crippen molar-refractivity contribution in [2.24, 2.45) is 0 Å². The van der Waals surface area contributed by atoms with E-state index in [4.69, 9.17) is 19.5 Å². The second kappa shape index (κ2) is 9.29. The summed E-state index contributed by atoms with van der Waals surface area (Å²) < 4.78 is 29.1. The Morgan fingerprint density at radius 1 is 1.60 bits per heavy atom. The standard InChI is InChI=1S/C15H21N6O7PS/c1-2-10(22)17-3-4-26-29(24,25)27-6-8-5-9(30)14(28-8)21-7-18-11-12(21)19-15(16)20-13(11)23/h2,7-9,14,30H,1,3-6H2,(H,17,22)(H,24,25)(H3,16,19,20,23)/t8-,9?,14+/m0/s1. The van der Waals surface area contributed by atoms with Gasteiger partial charge in [-0.3, -0.25) is 28.2 Å². The number of phosphoric acid groups is 1. The van der Waals surface area contributed by atoms with E-state index in [2.05, 4.69) is 39.5 Å². The number of nitrogen functional groups attached to an aromatic ring is 1. The van der Waals surface area contributed by atoms with Crippen LogP contribution in [0.25, 0.3) is 11.2 Å². The van der Waals surface area contributed by atoms with Gasteiger partial charge in [-0.15, -0.1) is 0 Å². The lowest BCUT2D eigenvalue weighted by Gasteiger charge is -2.18. The molecule has 5 N–H and O–H groups in total. The number of phosphoric ester groups is 1. The molecule has 3 rings (SSSR count). The van der Waals surface area contributed by atoms with E-state index in [-0.39, 0.29) is 42.1 Å². The van der Waals surface area contributed by atoms with Crippen molar-refractivity contribution in [3.05, 3.63) is 29.3 Å². The van der Waals surface area contributed by atoms with Crippen LogP contribution in [0.3, 0.4) is 0 Å². The summed E-state index contributed by atoms with van der Waals surface area (Å²) in [7, 11) is -4.34. The molecule has 1 saturated heterocycles. The van der Waals surface area contributed by atoms with Crippen molar-refractivity contribution >= 4 is 43.5 Å². The van der Waals surface area contributed by atoms with Gasteiger partial charge in [0.2, 0.25) is 11.9 Å². The Bertz CT molecular complexity index is 1040. The minimum atomic E-state index is -4.34. The molecule has 1 aliphatic heterocycles. The number of aromatic nitrogens is 4. The number of nitrogens with two attached hydrogens (primary N) is 1. The Kier molecular flexibility index (Phi) is 6.95. The highest BCUT2D eigenvalue weighted by Gasteiger charge is 2.37. The Hall–Kier alpha value is -2.22. The fraction of sp³-hybridized carbons (Fsp3) is 0.467. The van der Waals surface area contributed by atoms with Crippen LogP contribution in [0.1, 0.15) is 12.6 Å². The number of anilines is 1. The number of nitrogens with zero attached hydrogens (tertiary/aromatic N) is 3. The number of imidazole rings is 1. The van der Waals surface area contributed by atoms with Crippen LogP contribution >= 0.6 is 20.5 Å². The zero-order chi connectivity index (χ0) is 21.9. The number of carbonyl (C=O) groups excluding carboxylic acids is 1. The molecule has 0 saturated carbocycles. The molecule has 1 fully saturated rings. The van der Waals surface area contributed by atoms with Crippen LogP contribution in [-0.2, 0) is 23.1 Å². The highest BCUT2D eigenvalue weighted by Crippen LogP contribution is 2.44. The van der Waals surface area contributed by atoms with Crippen molar-refractivity contribution in [2.45, 2.75) is 24.0 Å². The fourth-order valence-electron chi connectivity index (χ4n) is 2.84. The van der Waals surface area contributed by atoms with Crippen molar-refractivity contribution in [1.82, 2.24) is 24.8 Å². The molecule has 2 unspecified atom stereocenters. The Balaban J connectivity index is 1.57. The molecule has 0 radical (unpaired) electrons. The number of amides is 1. The van der Waals surface area contributed by atoms with Gasteiger partial charge in [0, 0.05) is 11.8 Å². The van der Waals surface area contributed by atoms with Gasteiger partial charge in [0.15, 0.2) is 11.2 Å². The average molecular weight is 460 g/mol. The maximum Gasteiger partial charge on any atom is 0.472 e. The monoisotopic (exact) mass is 460 g/mol. The van der Waals surface area contributed by atoms with E-state index in [1.54, 1.807) is 0 Å². The van der Waals surface area contributed by atoms with E-state index in [9.17, 15) is 19.0 Å². The Morgan fingerprint density at radius 3 is 3.10 bits per heavy atom. The summed E-state index contributed by atoms with van der Waals surface area (Å²) in [6.07, 6.45) is 1.63. The topological polar surface area (TPSA) is 184 Å². The first-order valence-electron chi connectivity index (χ1n) is 8.78. The number of ether oxygens (including phenoxy) is 1. The molecule has 2 aromatic heterocycles. The normalized spacial score (nSPS) is 23.3. The molecule has 13 nitrogen and oxygen atoms in total. The maximum absolute atomic E-state index is 12.0. The van der Waals surface area contributed by atoms with Crippen LogP contribution in [0, 0.1) is 0 Å². The van der Waals surface area contributed by atoms with E-state index >= 15 is 0 Å². The maximum atomic E-state index is 12.0. The van der Waals surface area contributed by atoms with Crippen LogP contribution < -0.4 is 16.6 Å². The number of rotatable bonds is 9. The average Bonchev–Trinajstić information content (AvgIpc) is 3.26. The lowest BCUT2D eigenvalue weighted by Crippen LogP contribution is -2.25. The molecule has 1 aliphatic rings. The molecule has 30 heavy (non-hydrogen) atoms. The Labute approximate surface area is 175 Å². The summed E-state index contributed by atoms with van der Waals surface area (Å²) in [5.41, 5.74) is 5.45. The lowest BCUT2D eigenvalue weighted by molar-refractivity contribution is -0.116. The van der Waals surface area contributed by atoms with Gasteiger partial charge in [-0.2, -0.15) is 17.6 Å². The smallest absolute Gasteiger partial charge is 0.369 e. The third-order valence-electron chi connectivity index (χ3n) is 4.15. The molecule has 0 aromatic carbocycles. The quantitative estimate of drug-likeness (QED) is 0.144. The lowest BCUT2D eigenvalue weighted by atomic mass is 10.2. The number of H-pyrrole nitrogens is 1. The molecule has 15 heteroatoms. The molecule has 4 atom stereocenters. The zero-order valence-electron chi connectivity index (χ0n) is 15.6. The second-order valence-electron chi connectivity index (χ2n) is 6.32. The first-order valence-corrected chi connectivity index (χ1v) is 10.8. The SMILES string of the molecule is C=CC(=O)NCCOP(=O)(O)OC[C@@H]1CC(S)[C@H](n2cnc3c(=O)[nH]c(N)nc32)O1. The minimum Gasteiger partial charge on any atom is -0.369 e. The zero-order valence-corrected chi connectivity index (χ0v) is 17.4. The molecule has 0 spiro atoms. The van der Waals surface area contributed by atoms with Gasteiger partial charge in [0.05, 0.1) is 25.6 Å². The summed E-state index contributed by atoms with van der Waals surface area (Å²) in [6.45, 7) is 2.84. The van der Waals surface area contributed by atoms with Gasteiger partial charge in [0.1, 0.15) is 6.23 Å². The molecule has 0 bridgehead atoms. The second-order valence-corrected chi connectivity index (χ2v) is 8.44. The minimum absolute atomic E-state index is 0.0163. The van der Waals surface area contributed by atoms with Gasteiger partial charge in [-0.1, -0.05) is 6.58 Å². The Morgan fingerprint density at radius 2 is 2.37 bits per heavy atom. The predicted octanol–water partition coefficient (Wildman–Crippen LogP) is -0.277. The van der Waals surface area contributed by atoms with Gasteiger partial charge in [-0.05, 0) is 12.5 Å². The number of fused-ring (bicyclic) bond motifs is 1. The van der Waals surface area contributed by atoms with Crippen molar-refractivity contribution in [2.75, 3.05) is 25.5 Å². The molecule has 0 aliphatic carbocycles. The number of nitrogens with one attached hydrogen (secondary N) is 2. The third-order valence-corrected chi connectivity index (χ3v) is 5.61. The molecule has 3 heterocycles. The highest BCUT2D eigenvalue weighted by molar-refractivity contribution is 7.81. The number of thiol groups is 1. The van der Waals surface area contributed by atoms with Gasteiger partial charge in [-0.25, -0.2) is 9.55 Å². The van der Waals surface area contributed by atoms with Crippen molar-refractivity contribution in [3.63, 3.8) is 0 Å². The van der Waals surface area contributed by atoms with Gasteiger partial charge < -0.3 is 20.7 Å².